The summed E-state index contributed by atoms with van der Waals surface area (Å²) in [5, 5.41) is 4.25. The smallest absolute Gasteiger partial charge is 0.180 e. The van der Waals surface area contributed by atoms with Crippen molar-refractivity contribution in [1.82, 2.24) is 10.3 Å². The van der Waals surface area contributed by atoms with E-state index < -0.39 is 0 Å². The second kappa shape index (κ2) is 8.42. The van der Waals surface area contributed by atoms with Gasteiger partial charge in [0.2, 0.25) is 0 Å². The van der Waals surface area contributed by atoms with Crippen molar-refractivity contribution >= 4 is 41.4 Å². The van der Waals surface area contributed by atoms with Crippen molar-refractivity contribution in [3.63, 3.8) is 0 Å². The van der Waals surface area contributed by atoms with Crippen molar-refractivity contribution < 1.29 is 4.79 Å². The Bertz CT molecular complexity index is 486. The second-order valence-electron chi connectivity index (χ2n) is 5.68. The normalized spacial score (nSPS) is 21.9. The molecule has 1 aromatic heterocycles. The fraction of sp³-hybridized carbons (Fsp3) is 0.667. The zero-order valence-electron chi connectivity index (χ0n) is 12.5. The number of H-pyrrole nitrogens is 1. The highest BCUT2D eigenvalue weighted by Crippen LogP contribution is 2.33. The van der Waals surface area contributed by atoms with E-state index in [1.165, 1.54) is 6.42 Å². The molecule has 0 saturated carbocycles. The molecule has 2 rings (SSSR count). The summed E-state index contributed by atoms with van der Waals surface area (Å²) < 4.78 is 0. The van der Waals surface area contributed by atoms with Crippen LogP contribution in [-0.4, -0.2) is 23.9 Å². The van der Waals surface area contributed by atoms with Crippen molar-refractivity contribution in [3.05, 3.63) is 21.4 Å². The largest absolute Gasteiger partial charge is 0.354 e. The molecular weight excluding hydrogens is 331 g/mol. The minimum Gasteiger partial charge on any atom is -0.354 e. The summed E-state index contributed by atoms with van der Waals surface area (Å²) in [6, 6.07) is 0. The molecule has 1 aromatic rings. The van der Waals surface area contributed by atoms with Gasteiger partial charge in [0.1, 0.15) is 5.69 Å². The van der Waals surface area contributed by atoms with Gasteiger partial charge < -0.3 is 10.3 Å². The van der Waals surface area contributed by atoms with Crippen molar-refractivity contribution in [2.75, 3.05) is 13.1 Å². The Morgan fingerprint density at radius 3 is 2.57 bits per heavy atom. The number of ketones is 1. The van der Waals surface area contributed by atoms with E-state index in [4.69, 9.17) is 23.2 Å². The first-order chi connectivity index (χ1) is 9.54. The number of rotatable bonds is 5. The standard InChI is InChI=1S/C15H22Cl2N2O.ClH/c1-3-4-11-8-18-6-5-10(11)7-12(20)15-14(17)13(16)9(2)19-15;/h10-11,18-19H,3-8H2,1-2H3;1H. The van der Waals surface area contributed by atoms with Crippen LogP contribution in [0.2, 0.25) is 10.0 Å². The van der Waals surface area contributed by atoms with E-state index in [0.29, 0.717) is 34.0 Å². The number of hydrogen-bond donors (Lipinski definition) is 2. The molecule has 0 spiro atoms. The van der Waals surface area contributed by atoms with Gasteiger partial charge in [-0.15, -0.1) is 12.4 Å². The Kier molecular flexibility index (Phi) is 7.55. The molecular formula is C15H23Cl3N2O. The van der Waals surface area contributed by atoms with Gasteiger partial charge in [-0.3, -0.25) is 4.79 Å². The SMILES string of the molecule is CCCC1CNCCC1CC(=O)c1[nH]c(C)c(Cl)c1Cl.Cl. The van der Waals surface area contributed by atoms with E-state index in [2.05, 4.69) is 17.2 Å². The lowest BCUT2D eigenvalue weighted by Crippen LogP contribution is -2.37. The average molecular weight is 354 g/mol. The molecule has 2 atom stereocenters. The van der Waals surface area contributed by atoms with E-state index in [1.807, 2.05) is 6.92 Å². The van der Waals surface area contributed by atoms with Crippen LogP contribution in [0.3, 0.4) is 0 Å². The zero-order chi connectivity index (χ0) is 14.7. The third-order valence-electron chi connectivity index (χ3n) is 4.20. The van der Waals surface area contributed by atoms with Crippen molar-refractivity contribution in [3.8, 4) is 0 Å². The molecule has 0 bridgehead atoms. The number of aromatic nitrogens is 1. The van der Waals surface area contributed by atoms with Gasteiger partial charge in [0, 0.05) is 12.1 Å². The third-order valence-corrected chi connectivity index (χ3v) is 5.15. The summed E-state index contributed by atoms with van der Waals surface area (Å²) in [7, 11) is 0. The first kappa shape index (κ1) is 18.8. The number of carbonyl (C=O) groups is 1. The molecule has 1 saturated heterocycles. The van der Waals surface area contributed by atoms with Gasteiger partial charge in [0.15, 0.2) is 5.78 Å². The van der Waals surface area contributed by atoms with Crippen LogP contribution in [0.25, 0.3) is 0 Å². The van der Waals surface area contributed by atoms with Gasteiger partial charge in [-0.1, -0.05) is 36.5 Å². The lowest BCUT2D eigenvalue weighted by molar-refractivity contribution is 0.0919. The molecule has 3 nitrogen and oxygen atoms in total. The molecule has 2 unspecified atom stereocenters. The highest BCUT2D eigenvalue weighted by molar-refractivity contribution is 6.44. The van der Waals surface area contributed by atoms with Gasteiger partial charge >= 0.3 is 0 Å². The number of halogens is 3. The molecule has 1 aliphatic rings. The number of carbonyl (C=O) groups excluding carboxylic acids is 1. The Hall–Kier alpha value is -0.220. The van der Waals surface area contributed by atoms with Crippen LogP contribution < -0.4 is 5.32 Å². The molecule has 21 heavy (non-hydrogen) atoms. The number of aromatic amines is 1. The van der Waals surface area contributed by atoms with Crippen LogP contribution in [0.5, 0.6) is 0 Å². The predicted molar refractivity (Wildman–Crippen MR) is 91.1 cm³/mol. The molecule has 0 radical (unpaired) electrons. The molecule has 120 valence electrons. The average Bonchev–Trinajstić information content (AvgIpc) is 2.69. The molecule has 1 fully saturated rings. The lowest BCUT2D eigenvalue weighted by atomic mass is 9.80. The summed E-state index contributed by atoms with van der Waals surface area (Å²) in [6.07, 6.45) is 3.94. The first-order valence-electron chi connectivity index (χ1n) is 7.32. The summed E-state index contributed by atoms with van der Waals surface area (Å²) in [4.78, 5) is 15.5. The van der Waals surface area contributed by atoms with Crippen LogP contribution in [0.1, 0.15) is 48.8 Å². The zero-order valence-corrected chi connectivity index (χ0v) is 14.8. The quantitative estimate of drug-likeness (QED) is 0.757. The van der Waals surface area contributed by atoms with E-state index in [9.17, 15) is 4.79 Å². The maximum atomic E-state index is 12.5. The van der Waals surface area contributed by atoms with Gasteiger partial charge in [0.05, 0.1) is 10.0 Å². The van der Waals surface area contributed by atoms with Gasteiger partial charge in [-0.05, 0) is 44.7 Å². The third kappa shape index (κ3) is 4.38. The Balaban J connectivity index is 0.00000220. The number of piperidine rings is 1. The maximum absolute atomic E-state index is 12.5. The van der Waals surface area contributed by atoms with Crippen molar-refractivity contribution in [1.29, 1.82) is 0 Å². The van der Waals surface area contributed by atoms with Crippen LogP contribution in [-0.2, 0) is 0 Å². The minimum atomic E-state index is 0. The molecule has 2 N–H and O–H groups in total. The van der Waals surface area contributed by atoms with E-state index in [0.717, 1.165) is 31.6 Å². The Labute approximate surface area is 142 Å². The summed E-state index contributed by atoms with van der Waals surface area (Å²) in [5.74, 6) is 1.11. The fourth-order valence-electron chi connectivity index (χ4n) is 3.06. The molecule has 0 aliphatic carbocycles. The Morgan fingerprint density at radius 1 is 1.29 bits per heavy atom. The van der Waals surface area contributed by atoms with E-state index in [-0.39, 0.29) is 18.2 Å². The fourth-order valence-corrected chi connectivity index (χ4v) is 3.49. The summed E-state index contributed by atoms with van der Waals surface area (Å²) in [5.41, 5.74) is 1.23. The maximum Gasteiger partial charge on any atom is 0.180 e. The summed E-state index contributed by atoms with van der Waals surface area (Å²) in [6.45, 7) is 6.04. The molecule has 6 heteroatoms. The number of aryl methyl sites for hydroxylation is 1. The number of hydrogen-bond acceptors (Lipinski definition) is 2. The van der Waals surface area contributed by atoms with Gasteiger partial charge in [-0.25, -0.2) is 0 Å². The van der Waals surface area contributed by atoms with Crippen LogP contribution in [0.15, 0.2) is 0 Å². The van der Waals surface area contributed by atoms with Crippen LogP contribution in [0.4, 0.5) is 0 Å². The van der Waals surface area contributed by atoms with E-state index in [1.54, 1.807) is 0 Å². The Morgan fingerprint density at radius 2 is 2.00 bits per heavy atom. The second-order valence-corrected chi connectivity index (χ2v) is 6.44. The first-order valence-corrected chi connectivity index (χ1v) is 8.07. The number of Topliss-reactive ketones (excluding diaryl/α,β-unsaturated/α-hetero) is 1. The minimum absolute atomic E-state index is 0. The van der Waals surface area contributed by atoms with Crippen molar-refractivity contribution in [2.24, 2.45) is 11.8 Å². The monoisotopic (exact) mass is 352 g/mol. The van der Waals surface area contributed by atoms with E-state index >= 15 is 0 Å². The lowest BCUT2D eigenvalue weighted by Gasteiger charge is -2.31. The van der Waals surface area contributed by atoms with Gasteiger partial charge in [0.25, 0.3) is 0 Å². The molecule has 2 heterocycles. The van der Waals surface area contributed by atoms with Crippen LogP contribution >= 0.6 is 35.6 Å². The van der Waals surface area contributed by atoms with Crippen LogP contribution in [0, 0.1) is 18.8 Å². The molecule has 0 aromatic carbocycles. The highest BCUT2D eigenvalue weighted by atomic mass is 35.5. The topological polar surface area (TPSA) is 44.9 Å². The highest BCUT2D eigenvalue weighted by Gasteiger charge is 2.28. The van der Waals surface area contributed by atoms with Gasteiger partial charge in [-0.2, -0.15) is 0 Å². The van der Waals surface area contributed by atoms with Crippen molar-refractivity contribution in [2.45, 2.75) is 39.5 Å². The molecule has 0 amide bonds. The molecule has 1 aliphatic heterocycles. The summed E-state index contributed by atoms with van der Waals surface area (Å²) >= 11 is 12.2. The predicted octanol–water partition coefficient (Wildman–Crippen LogP) is 4.65. The number of nitrogens with one attached hydrogen (secondary N) is 2.